The summed E-state index contributed by atoms with van der Waals surface area (Å²) in [5, 5.41) is 13.3. The summed E-state index contributed by atoms with van der Waals surface area (Å²) >= 11 is 0. The Hall–Kier alpha value is -2.73. The highest BCUT2D eigenvalue weighted by atomic mass is 15.1. The lowest BCUT2D eigenvalue weighted by atomic mass is 10.0. The fourth-order valence-electron chi connectivity index (χ4n) is 2.69. The van der Waals surface area contributed by atoms with Crippen molar-refractivity contribution in [2.45, 2.75) is 26.3 Å². The molecule has 0 fully saturated rings. The molecule has 0 saturated heterocycles. The lowest BCUT2D eigenvalue weighted by Gasteiger charge is -2.23. The Kier molecular flexibility index (Phi) is 3.38. The average Bonchev–Trinajstić information content (AvgIpc) is 2.80. The van der Waals surface area contributed by atoms with Crippen LogP contribution in [0.1, 0.15) is 26.3 Å². The van der Waals surface area contributed by atoms with Gasteiger partial charge in [0.2, 0.25) is 0 Å². The van der Waals surface area contributed by atoms with Crippen molar-refractivity contribution in [3.05, 3.63) is 60.3 Å². The van der Waals surface area contributed by atoms with Gasteiger partial charge in [-0.05, 0) is 38.5 Å². The largest absolute Gasteiger partial charge is 0.366 e. The molecule has 3 aromatic rings. The minimum absolute atomic E-state index is 0.0968. The summed E-state index contributed by atoms with van der Waals surface area (Å²) in [6, 6.07) is 18.4. The zero-order chi connectivity index (χ0) is 15.7. The molecule has 3 rings (SSSR count). The molecule has 0 aliphatic carbocycles. The first kappa shape index (κ1) is 14.2. The molecule has 0 unspecified atom stereocenters. The molecule has 0 bridgehead atoms. The van der Waals surface area contributed by atoms with Crippen LogP contribution in [-0.4, -0.2) is 9.94 Å². The summed E-state index contributed by atoms with van der Waals surface area (Å²) < 4.78 is 2.06. The predicted octanol–water partition coefficient (Wildman–Crippen LogP) is 4.69. The van der Waals surface area contributed by atoms with E-state index in [0.29, 0.717) is 5.56 Å². The normalized spacial score (nSPS) is 11.4. The van der Waals surface area contributed by atoms with Gasteiger partial charge in [0.15, 0.2) is 0 Å². The summed E-state index contributed by atoms with van der Waals surface area (Å²) in [6.45, 7) is 6.36. The molecule has 2 heterocycles. The SMILES string of the molecule is CC(C)(C)Nc1c(-c2ccccc2)c(C#N)c2ccccn12. The molecule has 0 saturated carbocycles. The van der Waals surface area contributed by atoms with Crippen LogP contribution in [0.4, 0.5) is 5.82 Å². The molecule has 110 valence electrons. The number of aromatic nitrogens is 1. The molecule has 22 heavy (non-hydrogen) atoms. The Balaban J connectivity index is 2.38. The van der Waals surface area contributed by atoms with Crippen molar-refractivity contribution < 1.29 is 0 Å². The number of nitrogens with zero attached hydrogens (tertiary/aromatic N) is 2. The molecule has 0 radical (unpaired) electrons. The maximum absolute atomic E-state index is 9.70. The molecule has 0 amide bonds. The standard InChI is InChI=1S/C19H19N3/c1-19(2,3)21-18-17(14-9-5-4-6-10-14)15(13-20)16-11-7-8-12-22(16)18/h4-12,21H,1-3H3. The first-order valence-electron chi connectivity index (χ1n) is 7.38. The summed E-state index contributed by atoms with van der Waals surface area (Å²) in [4.78, 5) is 0. The van der Waals surface area contributed by atoms with E-state index in [0.717, 1.165) is 22.5 Å². The maximum Gasteiger partial charge on any atom is 0.120 e. The van der Waals surface area contributed by atoms with Crippen molar-refractivity contribution in [2.75, 3.05) is 5.32 Å². The van der Waals surface area contributed by atoms with Crippen LogP contribution in [0.2, 0.25) is 0 Å². The number of nitrogens with one attached hydrogen (secondary N) is 1. The van der Waals surface area contributed by atoms with Crippen molar-refractivity contribution in [3.63, 3.8) is 0 Å². The fourth-order valence-corrected chi connectivity index (χ4v) is 2.69. The van der Waals surface area contributed by atoms with E-state index in [4.69, 9.17) is 0 Å². The molecular formula is C19H19N3. The molecule has 2 aromatic heterocycles. The third kappa shape index (κ3) is 2.44. The molecule has 0 atom stereocenters. The lowest BCUT2D eigenvalue weighted by molar-refractivity contribution is 0.630. The van der Waals surface area contributed by atoms with Gasteiger partial charge in [0.1, 0.15) is 11.9 Å². The van der Waals surface area contributed by atoms with E-state index in [9.17, 15) is 5.26 Å². The van der Waals surface area contributed by atoms with Gasteiger partial charge in [-0.3, -0.25) is 0 Å². The van der Waals surface area contributed by atoms with Crippen LogP contribution in [0, 0.1) is 11.3 Å². The van der Waals surface area contributed by atoms with E-state index >= 15 is 0 Å². The second kappa shape index (κ2) is 5.23. The summed E-state index contributed by atoms with van der Waals surface area (Å²) in [6.07, 6.45) is 2.00. The van der Waals surface area contributed by atoms with Crippen molar-refractivity contribution in [1.29, 1.82) is 5.26 Å². The van der Waals surface area contributed by atoms with Gasteiger partial charge in [0.05, 0.1) is 11.1 Å². The zero-order valence-electron chi connectivity index (χ0n) is 13.1. The third-order valence-corrected chi connectivity index (χ3v) is 3.51. The Bertz CT molecular complexity index is 846. The lowest BCUT2D eigenvalue weighted by Crippen LogP contribution is -2.27. The Morgan fingerprint density at radius 2 is 1.68 bits per heavy atom. The van der Waals surface area contributed by atoms with Gasteiger partial charge in [-0.2, -0.15) is 5.26 Å². The van der Waals surface area contributed by atoms with Gasteiger partial charge in [0.25, 0.3) is 0 Å². The van der Waals surface area contributed by atoms with E-state index in [2.05, 4.69) is 36.6 Å². The predicted molar refractivity (Wildman–Crippen MR) is 90.9 cm³/mol. The zero-order valence-corrected chi connectivity index (χ0v) is 13.1. The first-order valence-corrected chi connectivity index (χ1v) is 7.38. The number of nitriles is 1. The van der Waals surface area contributed by atoms with Crippen LogP contribution >= 0.6 is 0 Å². The fraction of sp³-hybridized carbons (Fsp3) is 0.211. The number of fused-ring (bicyclic) bond motifs is 1. The Morgan fingerprint density at radius 1 is 1.00 bits per heavy atom. The smallest absolute Gasteiger partial charge is 0.120 e. The molecule has 0 aliphatic heterocycles. The van der Waals surface area contributed by atoms with Crippen LogP contribution < -0.4 is 5.32 Å². The number of hydrogen-bond donors (Lipinski definition) is 1. The third-order valence-electron chi connectivity index (χ3n) is 3.51. The van der Waals surface area contributed by atoms with Gasteiger partial charge >= 0.3 is 0 Å². The van der Waals surface area contributed by atoms with E-state index in [1.807, 2.05) is 54.7 Å². The highest BCUT2D eigenvalue weighted by Crippen LogP contribution is 2.37. The quantitative estimate of drug-likeness (QED) is 0.743. The number of pyridine rings is 1. The van der Waals surface area contributed by atoms with Crippen LogP contribution in [0.3, 0.4) is 0 Å². The molecule has 0 spiro atoms. The van der Waals surface area contributed by atoms with Crippen molar-refractivity contribution in [3.8, 4) is 17.2 Å². The summed E-state index contributed by atoms with van der Waals surface area (Å²) in [5.41, 5.74) is 3.55. The van der Waals surface area contributed by atoms with Crippen LogP contribution in [0.25, 0.3) is 16.6 Å². The van der Waals surface area contributed by atoms with Gasteiger partial charge in [0, 0.05) is 17.3 Å². The summed E-state index contributed by atoms with van der Waals surface area (Å²) in [7, 11) is 0. The first-order chi connectivity index (χ1) is 10.5. The van der Waals surface area contributed by atoms with Crippen molar-refractivity contribution in [2.24, 2.45) is 0 Å². The molecule has 1 N–H and O–H groups in total. The highest BCUT2D eigenvalue weighted by molar-refractivity contribution is 5.90. The van der Waals surface area contributed by atoms with Crippen LogP contribution in [0.5, 0.6) is 0 Å². The molecule has 3 heteroatoms. The topological polar surface area (TPSA) is 40.2 Å². The molecule has 0 aliphatic rings. The Labute approximate surface area is 130 Å². The van der Waals surface area contributed by atoms with Crippen molar-refractivity contribution in [1.82, 2.24) is 4.40 Å². The average molecular weight is 289 g/mol. The van der Waals surface area contributed by atoms with E-state index in [1.165, 1.54) is 0 Å². The van der Waals surface area contributed by atoms with Crippen molar-refractivity contribution >= 4 is 11.3 Å². The number of anilines is 1. The van der Waals surface area contributed by atoms with E-state index < -0.39 is 0 Å². The van der Waals surface area contributed by atoms with Gasteiger partial charge in [-0.1, -0.05) is 36.4 Å². The minimum Gasteiger partial charge on any atom is -0.366 e. The highest BCUT2D eigenvalue weighted by Gasteiger charge is 2.22. The number of hydrogen-bond acceptors (Lipinski definition) is 2. The van der Waals surface area contributed by atoms with Gasteiger partial charge in [-0.25, -0.2) is 0 Å². The van der Waals surface area contributed by atoms with Crippen LogP contribution in [-0.2, 0) is 0 Å². The number of rotatable bonds is 2. The van der Waals surface area contributed by atoms with Gasteiger partial charge < -0.3 is 9.72 Å². The van der Waals surface area contributed by atoms with Crippen LogP contribution in [0.15, 0.2) is 54.7 Å². The van der Waals surface area contributed by atoms with E-state index in [-0.39, 0.29) is 5.54 Å². The Morgan fingerprint density at radius 3 is 2.32 bits per heavy atom. The minimum atomic E-state index is -0.0968. The maximum atomic E-state index is 9.70. The molecular weight excluding hydrogens is 270 g/mol. The molecule has 3 nitrogen and oxygen atoms in total. The second-order valence-electron chi connectivity index (χ2n) is 6.41. The monoisotopic (exact) mass is 289 g/mol. The summed E-state index contributed by atoms with van der Waals surface area (Å²) in [5.74, 6) is 0.964. The van der Waals surface area contributed by atoms with E-state index in [1.54, 1.807) is 0 Å². The molecule has 1 aromatic carbocycles. The van der Waals surface area contributed by atoms with Gasteiger partial charge in [-0.15, -0.1) is 0 Å². The second-order valence-corrected chi connectivity index (χ2v) is 6.41. The number of benzene rings is 1.